The summed E-state index contributed by atoms with van der Waals surface area (Å²) in [4.78, 5) is 22.0. The number of nitrogens with zero attached hydrogens (tertiary/aromatic N) is 1. The molecule has 0 unspecified atom stereocenters. The third-order valence-corrected chi connectivity index (χ3v) is 2.67. The number of methoxy groups -OCH3 is 1. The number of non-ortho nitro benzene ring substituents is 1. The van der Waals surface area contributed by atoms with Gasteiger partial charge in [0.2, 0.25) is 0 Å². The minimum absolute atomic E-state index is 0.0925. The fourth-order valence-electron chi connectivity index (χ4n) is 1.73. The van der Waals surface area contributed by atoms with Crippen molar-refractivity contribution in [2.24, 2.45) is 0 Å². The zero-order valence-electron chi connectivity index (χ0n) is 11.2. The molecule has 7 heteroatoms. The van der Waals surface area contributed by atoms with E-state index in [1.807, 2.05) is 0 Å². The van der Waals surface area contributed by atoms with Crippen molar-refractivity contribution in [3.05, 3.63) is 58.6 Å². The summed E-state index contributed by atoms with van der Waals surface area (Å²) in [6.45, 7) is 0. The van der Waals surface area contributed by atoms with Crippen LogP contribution >= 0.6 is 0 Å². The first kappa shape index (κ1) is 14.3. The SMILES string of the molecule is COc1ccccc1NC(=O)Nc1cccc([N+](=O)[O-])c1. The average molecular weight is 287 g/mol. The van der Waals surface area contributed by atoms with E-state index in [1.54, 1.807) is 30.3 Å². The number of amides is 2. The molecule has 0 aromatic heterocycles. The first-order chi connectivity index (χ1) is 10.1. The Morgan fingerprint density at radius 1 is 1.14 bits per heavy atom. The lowest BCUT2D eigenvalue weighted by Crippen LogP contribution is -2.19. The molecule has 0 saturated carbocycles. The predicted octanol–water partition coefficient (Wildman–Crippen LogP) is 3.25. The van der Waals surface area contributed by atoms with Crippen LogP contribution in [0.3, 0.4) is 0 Å². The second kappa shape index (κ2) is 6.38. The molecule has 2 amide bonds. The van der Waals surface area contributed by atoms with Crippen molar-refractivity contribution in [2.45, 2.75) is 0 Å². The molecule has 0 bridgehead atoms. The number of benzene rings is 2. The fourth-order valence-corrected chi connectivity index (χ4v) is 1.73. The number of carbonyl (C=O) groups excluding carboxylic acids is 1. The van der Waals surface area contributed by atoms with E-state index < -0.39 is 11.0 Å². The van der Waals surface area contributed by atoms with Crippen molar-refractivity contribution >= 4 is 23.1 Å². The summed E-state index contributed by atoms with van der Waals surface area (Å²) < 4.78 is 5.12. The van der Waals surface area contributed by atoms with Gasteiger partial charge in [0.25, 0.3) is 5.69 Å². The maximum Gasteiger partial charge on any atom is 0.323 e. The number of rotatable bonds is 4. The Bertz CT molecular complexity index is 673. The van der Waals surface area contributed by atoms with E-state index in [-0.39, 0.29) is 5.69 Å². The molecule has 2 aromatic rings. The van der Waals surface area contributed by atoms with Crippen LogP contribution in [-0.4, -0.2) is 18.1 Å². The molecule has 7 nitrogen and oxygen atoms in total. The number of hydrogen-bond acceptors (Lipinski definition) is 4. The number of anilines is 2. The summed E-state index contributed by atoms with van der Waals surface area (Å²) in [6, 6.07) is 12.1. The van der Waals surface area contributed by atoms with Gasteiger partial charge in [0.1, 0.15) is 5.75 Å². The first-order valence-electron chi connectivity index (χ1n) is 6.05. The third-order valence-electron chi connectivity index (χ3n) is 2.67. The highest BCUT2D eigenvalue weighted by molar-refractivity contribution is 6.00. The summed E-state index contributed by atoms with van der Waals surface area (Å²) in [5, 5.41) is 15.8. The van der Waals surface area contributed by atoms with E-state index >= 15 is 0 Å². The number of hydrogen-bond donors (Lipinski definition) is 2. The van der Waals surface area contributed by atoms with E-state index in [9.17, 15) is 14.9 Å². The second-order valence-electron chi connectivity index (χ2n) is 4.09. The van der Waals surface area contributed by atoms with Crippen molar-refractivity contribution in [2.75, 3.05) is 17.7 Å². The van der Waals surface area contributed by atoms with Gasteiger partial charge in [-0.15, -0.1) is 0 Å². The van der Waals surface area contributed by atoms with Crippen LogP contribution in [0.25, 0.3) is 0 Å². The van der Waals surface area contributed by atoms with E-state index in [1.165, 1.54) is 25.3 Å². The van der Waals surface area contributed by atoms with Crippen LogP contribution in [-0.2, 0) is 0 Å². The van der Waals surface area contributed by atoms with Gasteiger partial charge >= 0.3 is 6.03 Å². The highest BCUT2D eigenvalue weighted by Crippen LogP contribution is 2.23. The molecule has 21 heavy (non-hydrogen) atoms. The summed E-state index contributed by atoms with van der Waals surface area (Å²) in [5.74, 6) is 0.520. The van der Waals surface area contributed by atoms with Gasteiger partial charge in [-0.05, 0) is 18.2 Å². The maximum absolute atomic E-state index is 11.9. The summed E-state index contributed by atoms with van der Waals surface area (Å²) in [5.41, 5.74) is 0.740. The van der Waals surface area contributed by atoms with Crippen molar-refractivity contribution < 1.29 is 14.5 Å². The Kier molecular flexibility index (Phi) is 4.35. The molecular weight excluding hydrogens is 274 g/mol. The molecule has 0 spiro atoms. The maximum atomic E-state index is 11.9. The molecule has 0 saturated heterocycles. The van der Waals surface area contributed by atoms with Crippen LogP contribution in [0.15, 0.2) is 48.5 Å². The Hall–Kier alpha value is -3.09. The van der Waals surface area contributed by atoms with Crippen molar-refractivity contribution in [1.82, 2.24) is 0 Å². The molecule has 2 rings (SSSR count). The molecule has 0 fully saturated rings. The number of carbonyl (C=O) groups is 1. The summed E-state index contributed by atoms with van der Waals surface area (Å²) >= 11 is 0. The largest absolute Gasteiger partial charge is 0.495 e. The van der Waals surface area contributed by atoms with E-state index in [2.05, 4.69) is 10.6 Å². The zero-order chi connectivity index (χ0) is 15.2. The molecule has 0 heterocycles. The fraction of sp³-hybridized carbons (Fsp3) is 0.0714. The van der Waals surface area contributed by atoms with Crippen LogP contribution in [0, 0.1) is 10.1 Å². The van der Waals surface area contributed by atoms with Gasteiger partial charge in [0.05, 0.1) is 17.7 Å². The van der Waals surface area contributed by atoms with Gasteiger partial charge in [-0.1, -0.05) is 18.2 Å². The first-order valence-corrected chi connectivity index (χ1v) is 6.05. The van der Waals surface area contributed by atoms with Crippen molar-refractivity contribution in [1.29, 1.82) is 0 Å². The molecule has 108 valence electrons. The molecule has 0 aliphatic heterocycles. The van der Waals surface area contributed by atoms with Gasteiger partial charge in [-0.3, -0.25) is 10.1 Å². The number of ether oxygens (including phenoxy) is 1. The van der Waals surface area contributed by atoms with Crippen LogP contribution in [0.5, 0.6) is 5.75 Å². The van der Waals surface area contributed by atoms with Crippen LogP contribution in [0.1, 0.15) is 0 Å². The molecule has 0 aliphatic carbocycles. The molecule has 2 N–H and O–H groups in total. The molecule has 2 aromatic carbocycles. The summed E-state index contributed by atoms with van der Waals surface area (Å²) in [6.07, 6.45) is 0. The van der Waals surface area contributed by atoms with Gasteiger partial charge in [0, 0.05) is 17.8 Å². The number of para-hydroxylation sites is 2. The lowest BCUT2D eigenvalue weighted by atomic mass is 10.3. The topological polar surface area (TPSA) is 93.5 Å². The zero-order valence-corrected chi connectivity index (χ0v) is 11.2. The predicted molar refractivity (Wildman–Crippen MR) is 78.7 cm³/mol. The normalized spacial score (nSPS) is 9.76. The number of nitrogens with one attached hydrogen (secondary N) is 2. The number of nitro benzene ring substituents is 1. The quantitative estimate of drug-likeness (QED) is 0.666. The van der Waals surface area contributed by atoms with Crippen molar-refractivity contribution in [3.63, 3.8) is 0 Å². The van der Waals surface area contributed by atoms with Crippen LogP contribution < -0.4 is 15.4 Å². The standard InChI is InChI=1S/C14H13N3O4/c1-21-13-8-3-2-7-12(13)16-14(18)15-10-5-4-6-11(9-10)17(19)20/h2-9H,1H3,(H2,15,16,18). The van der Waals surface area contributed by atoms with Gasteiger partial charge in [0.15, 0.2) is 0 Å². The lowest BCUT2D eigenvalue weighted by molar-refractivity contribution is -0.384. The third kappa shape index (κ3) is 3.69. The molecule has 0 aliphatic rings. The van der Waals surface area contributed by atoms with Crippen LogP contribution in [0.2, 0.25) is 0 Å². The molecular formula is C14H13N3O4. The lowest BCUT2D eigenvalue weighted by Gasteiger charge is -2.10. The highest BCUT2D eigenvalue weighted by atomic mass is 16.6. The Morgan fingerprint density at radius 2 is 1.90 bits per heavy atom. The monoisotopic (exact) mass is 287 g/mol. The molecule has 0 atom stereocenters. The highest BCUT2D eigenvalue weighted by Gasteiger charge is 2.09. The minimum atomic E-state index is -0.524. The van der Waals surface area contributed by atoms with E-state index in [4.69, 9.17) is 4.74 Å². The Morgan fingerprint density at radius 3 is 2.62 bits per heavy atom. The van der Waals surface area contributed by atoms with Crippen molar-refractivity contribution in [3.8, 4) is 5.75 Å². The number of urea groups is 1. The second-order valence-corrected chi connectivity index (χ2v) is 4.09. The van der Waals surface area contributed by atoms with Crippen LogP contribution in [0.4, 0.5) is 21.9 Å². The smallest absolute Gasteiger partial charge is 0.323 e. The Balaban J connectivity index is 2.08. The van der Waals surface area contributed by atoms with E-state index in [0.29, 0.717) is 17.1 Å². The minimum Gasteiger partial charge on any atom is -0.495 e. The molecule has 0 radical (unpaired) electrons. The average Bonchev–Trinajstić information content (AvgIpc) is 2.48. The summed E-state index contributed by atoms with van der Waals surface area (Å²) in [7, 11) is 1.50. The number of nitro groups is 1. The van der Waals surface area contributed by atoms with E-state index in [0.717, 1.165) is 0 Å². The van der Waals surface area contributed by atoms with Gasteiger partial charge in [-0.25, -0.2) is 4.79 Å². The van der Waals surface area contributed by atoms with Gasteiger partial charge < -0.3 is 15.4 Å². The Labute approximate surface area is 120 Å². The van der Waals surface area contributed by atoms with Gasteiger partial charge in [-0.2, -0.15) is 0 Å².